The number of nitro groups is 2. The third kappa shape index (κ3) is 6.02. The van der Waals surface area contributed by atoms with Gasteiger partial charge in [-0.2, -0.15) is 0 Å². The van der Waals surface area contributed by atoms with E-state index in [1.165, 1.54) is 23.1 Å². The molecule has 34 heavy (non-hydrogen) atoms. The summed E-state index contributed by atoms with van der Waals surface area (Å²) in [5.74, 6) is -0.703. The Morgan fingerprint density at radius 3 is 2.12 bits per heavy atom. The van der Waals surface area contributed by atoms with Gasteiger partial charge in [-0.25, -0.2) is 13.4 Å². The number of rotatable bonds is 8. The summed E-state index contributed by atoms with van der Waals surface area (Å²) in [6, 6.07) is 7.14. The number of non-ortho nitro benzene ring substituents is 2. The molecule has 15 heteroatoms. The van der Waals surface area contributed by atoms with Crippen molar-refractivity contribution in [3.63, 3.8) is 0 Å². The molecule has 0 saturated carbocycles. The van der Waals surface area contributed by atoms with Crippen molar-refractivity contribution < 1.29 is 23.1 Å². The second-order valence-electron chi connectivity index (χ2n) is 7.41. The average molecular weight is 530 g/mol. The maximum atomic E-state index is 13.3. The van der Waals surface area contributed by atoms with Gasteiger partial charge in [-0.05, 0) is 32.3 Å². The van der Waals surface area contributed by atoms with Crippen molar-refractivity contribution in [3.05, 3.63) is 62.2 Å². The third-order valence-electron chi connectivity index (χ3n) is 4.59. The van der Waals surface area contributed by atoms with Crippen LogP contribution in [-0.2, 0) is 9.84 Å². The Hall–Kier alpha value is -3.20. The van der Waals surface area contributed by atoms with Crippen molar-refractivity contribution in [1.29, 1.82) is 0 Å². The second-order valence-corrected chi connectivity index (χ2v) is 10.4. The quantitative estimate of drug-likeness (QED) is 0.315. The molecule has 12 nitrogen and oxygen atoms in total. The van der Waals surface area contributed by atoms with Crippen LogP contribution in [0.4, 0.5) is 16.5 Å². The Morgan fingerprint density at radius 1 is 1.03 bits per heavy atom. The lowest BCUT2D eigenvalue weighted by Gasteiger charge is -2.22. The van der Waals surface area contributed by atoms with E-state index in [0.29, 0.717) is 16.8 Å². The molecule has 3 rings (SSSR count). The molecule has 0 aliphatic carbocycles. The Morgan fingerprint density at radius 2 is 1.62 bits per heavy atom. The molecular weight excluding hydrogens is 510 g/mol. The first-order valence-electron chi connectivity index (χ1n) is 9.38. The van der Waals surface area contributed by atoms with E-state index in [0.717, 1.165) is 35.8 Å². The molecule has 3 aromatic rings. The van der Waals surface area contributed by atoms with Gasteiger partial charge in [0.15, 0.2) is 15.0 Å². The lowest BCUT2D eigenvalue weighted by atomic mass is 10.1. The number of hydrogen-bond donors (Lipinski definition) is 0. The van der Waals surface area contributed by atoms with Crippen molar-refractivity contribution in [2.75, 3.05) is 38.3 Å². The molecule has 0 radical (unpaired) electrons. The predicted molar refractivity (Wildman–Crippen MR) is 130 cm³/mol. The molecule has 0 unspecified atom stereocenters. The van der Waals surface area contributed by atoms with E-state index in [1.54, 1.807) is 14.1 Å². The lowest BCUT2D eigenvalue weighted by Crippen LogP contribution is -2.36. The number of hydrogen-bond acceptors (Lipinski definition) is 10. The van der Waals surface area contributed by atoms with Crippen LogP contribution in [0.15, 0.2) is 41.3 Å². The van der Waals surface area contributed by atoms with Crippen LogP contribution in [0.5, 0.6) is 0 Å². The summed E-state index contributed by atoms with van der Waals surface area (Å²) in [7, 11) is 0.131. The van der Waals surface area contributed by atoms with Crippen LogP contribution in [0.1, 0.15) is 10.4 Å². The molecule has 0 fully saturated rings. The van der Waals surface area contributed by atoms with Gasteiger partial charge < -0.3 is 4.90 Å². The maximum absolute atomic E-state index is 13.3. The van der Waals surface area contributed by atoms with Crippen molar-refractivity contribution in [2.24, 2.45) is 0 Å². The Balaban J connectivity index is 0.00000408. The van der Waals surface area contributed by atoms with Gasteiger partial charge in [0.05, 0.1) is 36.6 Å². The first-order chi connectivity index (χ1) is 15.4. The lowest BCUT2D eigenvalue weighted by molar-refractivity contribution is -0.394. The monoisotopic (exact) mass is 529 g/mol. The molecule has 2 aromatic carbocycles. The molecule has 1 amide bonds. The highest BCUT2D eigenvalue weighted by Crippen LogP contribution is 2.32. The van der Waals surface area contributed by atoms with E-state index in [4.69, 9.17) is 0 Å². The van der Waals surface area contributed by atoms with Gasteiger partial charge in [-0.1, -0.05) is 11.3 Å². The highest BCUT2D eigenvalue weighted by atomic mass is 35.5. The SMILES string of the molecule is CN(C)CCN(C(=O)c1cc([N+](=O)[O-])cc([N+](=O)[O-])c1)c1nc2ccc(S(C)(=O)=O)cc2s1.Cl. The summed E-state index contributed by atoms with van der Waals surface area (Å²) < 4.78 is 24.3. The number of likely N-dealkylation sites (N-methyl/N-ethyl adjacent to an activating group) is 1. The zero-order valence-electron chi connectivity index (χ0n) is 18.2. The molecule has 0 atom stereocenters. The van der Waals surface area contributed by atoms with Gasteiger partial charge in [0.2, 0.25) is 0 Å². The molecule has 0 spiro atoms. The molecule has 0 saturated heterocycles. The fourth-order valence-corrected chi connectivity index (χ4v) is 4.66. The Labute approximate surface area is 204 Å². The molecule has 0 aliphatic rings. The van der Waals surface area contributed by atoms with Gasteiger partial charge in [-0.15, -0.1) is 12.4 Å². The number of amides is 1. The topological polar surface area (TPSA) is 157 Å². The standard InChI is InChI=1S/C19H19N5O7S2.ClH/c1-21(2)6-7-22(18(25)12-8-13(23(26)27)10-14(9-12)24(28)29)19-20-16-5-4-15(33(3,30)31)11-17(16)32-19;/h4-5,8-11H,6-7H2,1-3H3;1H. The number of nitrogens with zero attached hydrogens (tertiary/aromatic N) is 5. The van der Waals surface area contributed by atoms with Crippen LogP contribution in [0.25, 0.3) is 10.2 Å². The van der Waals surface area contributed by atoms with E-state index in [2.05, 4.69) is 4.98 Å². The van der Waals surface area contributed by atoms with Gasteiger partial charge >= 0.3 is 0 Å². The minimum atomic E-state index is -3.45. The van der Waals surface area contributed by atoms with Crippen molar-refractivity contribution >= 4 is 66.2 Å². The van der Waals surface area contributed by atoms with Crippen LogP contribution < -0.4 is 4.90 Å². The van der Waals surface area contributed by atoms with E-state index >= 15 is 0 Å². The normalized spacial score (nSPS) is 11.3. The van der Waals surface area contributed by atoms with Gasteiger partial charge in [0, 0.05) is 31.5 Å². The number of nitro benzene ring substituents is 2. The molecule has 182 valence electrons. The minimum Gasteiger partial charge on any atom is -0.308 e. The van der Waals surface area contributed by atoms with Crippen molar-refractivity contribution in [2.45, 2.75) is 4.90 Å². The third-order valence-corrected chi connectivity index (χ3v) is 6.75. The fourth-order valence-electron chi connectivity index (χ4n) is 2.91. The fraction of sp³-hybridized carbons (Fsp3) is 0.263. The number of sulfone groups is 1. The number of halogens is 1. The highest BCUT2D eigenvalue weighted by molar-refractivity contribution is 7.90. The zero-order chi connectivity index (χ0) is 24.5. The Kier molecular flexibility index (Phi) is 8.26. The van der Waals surface area contributed by atoms with E-state index < -0.39 is 37.0 Å². The van der Waals surface area contributed by atoms with Crippen LogP contribution in [0.3, 0.4) is 0 Å². The van der Waals surface area contributed by atoms with Crippen molar-refractivity contribution in [3.8, 4) is 0 Å². The molecule has 1 heterocycles. The Bertz CT molecular complexity index is 1340. The average Bonchev–Trinajstić information content (AvgIpc) is 3.15. The summed E-state index contributed by atoms with van der Waals surface area (Å²) in [5, 5.41) is 22.7. The number of carbonyl (C=O) groups is 1. The first-order valence-corrected chi connectivity index (χ1v) is 12.1. The predicted octanol–water partition coefficient (Wildman–Crippen LogP) is 3.15. The van der Waals surface area contributed by atoms with E-state index in [9.17, 15) is 33.4 Å². The number of carbonyl (C=O) groups excluding carboxylic acids is 1. The molecule has 0 aliphatic heterocycles. The largest absolute Gasteiger partial charge is 0.308 e. The number of fused-ring (bicyclic) bond motifs is 1. The van der Waals surface area contributed by atoms with Crippen LogP contribution >= 0.6 is 23.7 Å². The van der Waals surface area contributed by atoms with Crippen molar-refractivity contribution in [1.82, 2.24) is 9.88 Å². The van der Waals surface area contributed by atoms with Gasteiger partial charge in [0.1, 0.15) is 0 Å². The summed E-state index contributed by atoms with van der Waals surface area (Å²) in [5.41, 5.74) is -0.926. The maximum Gasteiger partial charge on any atom is 0.277 e. The number of benzene rings is 2. The van der Waals surface area contributed by atoms with E-state index in [1.807, 2.05) is 4.90 Å². The molecular formula is C19H20ClN5O7S2. The second kappa shape index (κ2) is 10.4. The van der Waals surface area contributed by atoms with Gasteiger partial charge in [0.25, 0.3) is 17.3 Å². The summed E-state index contributed by atoms with van der Waals surface area (Å²) in [4.78, 5) is 41.8. The minimum absolute atomic E-state index is 0. The molecule has 0 N–H and O–H groups in total. The van der Waals surface area contributed by atoms with Gasteiger partial charge in [-0.3, -0.25) is 29.9 Å². The van der Waals surface area contributed by atoms with Crippen LogP contribution in [0, 0.1) is 20.2 Å². The first kappa shape index (κ1) is 27.0. The number of anilines is 1. The summed E-state index contributed by atoms with van der Waals surface area (Å²) in [6.07, 6.45) is 1.08. The van der Waals surface area contributed by atoms with Crippen LogP contribution in [-0.4, -0.2) is 67.5 Å². The number of thiazole rings is 1. The zero-order valence-corrected chi connectivity index (χ0v) is 20.6. The summed E-state index contributed by atoms with van der Waals surface area (Å²) in [6.45, 7) is 0.550. The smallest absolute Gasteiger partial charge is 0.277 e. The molecule has 0 bridgehead atoms. The highest BCUT2D eigenvalue weighted by Gasteiger charge is 2.26. The van der Waals surface area contributed by atoms with E-state index in [-0.39, 0.29) is 34.5 Å². The van der Waals surface area contributed by atoms with Crippen LogP contribution in [0.2, 0.25) is 0 Å². The number of aromatic nitrogens is 1. The molecule has 1 aromatic heterocycles. The summed E-state index contributed by atoms with van der Waals surface area (Å²) >= 11 is 1.07.